The van der Waals surface area contributed by atoms with Crippen LogP contribution >= 0.6 is 0 Å². The lowest BCUT2D eigenvalue weighted by molar-refractivity contribution is 0.329. The second kappa shape index (κ2) is 8.13. The Morgan fingerprint density at radius 1 is 1.00 bits per heavy atom. The Labute approximate surface area is 151 Å². The van der Waals surface area contributed by atoms with Crippen molar-refractivity contribution in [1.82, 2.24) is 15.5 Å². The molecule has 3 rings (SSSR count). The van der Waals surface area contributed by atoms with Crippen LogP contribution in [-0.2, 0) is 0 Å². The molecule has 1 fully saturated rings. The summed E-state index contributed by atoms with van der Waals surface area (Å²) in [6.07, 6.45) is 6.85. The van der Waals surface area contributed by atoms with Crippen molar-refractivity contribution in [1.29, 1.82) is 0 Å². The normalized spacial score (nSPS) is 18.4. The Morgan fingerprint density at radius 3 is 2.24 bits per heavy atom. The first-order valence-electron chi connectivity index (χ1n) is 9.70. The molecule has 1 aliphatic rings. The highest BCUT2D eigenvalue weighted by molar-refractivity contribution is 5.28. The number of aromatic nitrogens is 2. The van der Waals surface area contributed by atoms with E-state index < -0.39 is 0 Å². The van der Waals surface area contributed by atoms with E-state index in [4.69, 9.17) is 4.42 Å². The number of nitrogens with zero attached hydrogens (tertiary/aromatic N) is 2. The molecular formula is C21H31N3O. The van der Waals surface area contributed by atoms with Crippen LogP contribution in [0.5, 0.6) is 0 Å². The minimum absolute atomic E-state index is 0.0339. The zero-order chi connectivity index (χ0) is 17.8. The van der Waals surface area contributed by atoms with Crippen LogP contribution in [0.25, 0.3) is 0 Å². The molecule has 0 spiro atoms. The van der Waals surface area contributed by atoms with E-state index >= 15 is 0 Å². The van der Waals surface area contributed by atoms with Gasteiger partial charge in [0, 0.05) is 13.0 Å². The summed E-state index contributed by atoms with van der Waals surface area (Å²) in [6, 6.07) is 9.57. The third kappa shape index (κ3) is 4.49. The van der Waals surface area contributed by atoms with Crippen LogP contribution in [0.1, 0.15) is 93.8 Å². The van der Waals surface area contributed by atoms with Crippen LogP contribution in [0.2, 0.25) is 0 Å². The molecule has 0 saturated heterocycles. The molecule has 25 heavy (non-hydrogen) atoms. The predicted molar refractivity (Wildman–Crippen MR) is 100 cm³/mol. The molecule has 4 nitrogen and oxygen atoms in total. The summed E-state index contributed by atoms with van der Waals surface area (Å²) in [5.41, 5.74) is 2.84. The van der Waals surface area contributed by atoms with E-state index in [0.29, 0.717) is 17.7 Å². The minimum atomic E-state index is 0.0339. The first-order chi connectivity index (χ1) is 12.0. The zero-order valence-electron chi connectivity index (χ0n) is 16.0. The topological polar surface area (TPSA) is 51.0 Å². The average Bonchev–Trinajstić information content (AvgIpc) is 3.07. The molecule has 1 N–H and O–H groups in total. The van der Waals surface area contributed by atoms with Crippen LogP contribution < -0.4 is 5.32 Å². The highest BCUT2D eigenvalue weighted by Gasteiger charge is 2.22. The van der Waals surface area contributed by atoms with Crippen molar-refractivity contribution in [2.24, 2.45) is 5.92 Å². The van der Waals surface area contributed by atoms with E-state index in [-0.39, 0.29) is 12.1 Å². The maximum atomic E-state index is 5.58. The van der Waals surface area contributed by atoms with Gasteiger partial charge in [0.1, 0.15) is 0 Å². The van der Waals surface area contributed by atoms with Crippen molar-refractivity contribution in [2.45, 2.75) is 77.8 Å². The van der Waals surface area contributed by atoms with Crippen molar-refractivity contribution < 1.29 is 4.42 Å². The molecule has 2 atom stereocenters. The van der Waals surface area contributed by atoms with E-state index in [0.717, 1.165) is 5.92 Å². The number of hydrogen-bond acceptors (Lipinski definition) is 4. The fourth-order valence-electron chi connectivity index (χ4n) is 3.91. The first kappa shape index (κ1) is 18.1. The SMILES string of the molecule is Cc1nnc([C@H](C)N[C@H](c2ccc(C3CCCCC3)cc2)C(C)C)o1. The molecule has 0 bridgehead atoms. The third-order valence-corrected chi connectivity index (χ3v) is 5.38. The molecule has 0 radical (unpaired) electrons. The van der Waals surface area contributed by atoms with Gasteiger partial charge in [0.25, 0.3) is 0 Å². The standard InChI is InChI=1S/C21H31N3O/c1-14(2)20(22-15(3)21-24-23-16(4)25-21)19-12-10-18(11-13-19)17-8-6-5-7-9-17/h10-15,17,20,22H,5-9H2,1-4H3/t15-,20-/m0/s1. The lowest BCUT2D eigenvalue weighted by Gasteiger charge is -2.27. The Hall–Kier alpha value is -1.68. The summed E-state index contributed by atoms with van der Waals surface area (Å²) in [4.78, 5) is 0. The van der Waals surface area contributed by atoms with Gasteiger partial charge in [-0.2, -0.15) is 0 Å². The Balaban J connectivity index is 1.71. The van der Waals surface area contributed by atoms with Crippen molar-refractivity contribution in [3.05, 3.63) is 47.2 Å². The number of aryl methyl sites for hydroxylation is 1. The number of hydrogen-bond donors (Lipinski definition) is 1. The quantitative estimate of drug-likeness (QED) is 0.756. The van der Waals surface area contributed by atoms with Gasteiger partial charge in [0.05, 0.1) is 6.04 Å². The van der Waals surface area contributed by atoms with Crippen LogP contribution in [0.15, 0.2) is 28.7 Å². The smallest absolute Gasteiger partial charge is 0.233 e. The van der Waals surface area contributed by atoms with Crippen molar-refractivity contribution in [3.8, 4) is 0 Å². The molecule has 1 aromatic carbocycles. The Morgan fingerprint density at radius 2 is 1.68 bits per heavy atom. The molecule has 1 heterocycles. The third-order valence-electron chi connectivity index (χ3n) is 5.38. The van der Waals surface area contributed by atoms with Gasteiger partial charge in [-0.1, -0.05) is 57.4 Å². The maximum absolute atomic E-state index is 5.58. The van der Waals surface area contributed by atoms with Gasteiger partial charge in [0.2, 0.25) is 11.8 Å². The molecule has 1 aromatic heterocycles. The molecule has 2 aromatic rings. The monoisotopic (exact) mass is 341 g/mol. The van der Waals surface area contributed by atoms with E-state index in [9.17, 15) is 0 Å². The van der Waals surface area contributed by atoms with E-state index in [1.165, 1.54) is 43.2 Å². The summed E-state index contributed by atoms with van der Waals surface area (Å²) in [5.74, 6) is 2.50. The molecule has 1 saturated carbocycles. The average molecular weight is 341 g/mol. The summed E-state index contributed by atoms with van der Waals surface area (Å²) in [5, 5.41) is 11.8. The fourth-order valence-corrected chi connectivity index (χ4v) is 3.91. The Bertz CT molecular complexity index is 656. The number of benzene rings is 1. The molecule has 136 valence electrons. The summed E-state index contributed by atoms with van der Waals surface area (Å²) >= 11 is 0. The molecule has 0 aliphatic heterocycles. The predicted octanol–water partition coefficient (Wildman–Crippen LogP) is 5.47. The zero-order valence-corrected chi connectivity index (χ0v) is 16.0. The summed E-state index contributed by atoms with van der Waals surface area (Å²) in [6.45, 7) is 8.41. The van der Waals surface area contributed by atoms with E-state index in [2.05, 4.69) is 60.6 Å². The molecule has 1 aliphatic carbocycles. The van der Waals surface area contributed by atoms with Gasteiger partial charge in [-0.3, -0.25) is 5.32 Å². The van der Waals surface area contributed by atoms with Gasteiger partial charge in [-0.05, 0) is 42.7 Å². The maximum Gasteiger partial charge on any atom is 0.233 e. The second-order valence-corrected chi connectivity index (χ2v) is 7.77. The van der Waals surface area contributed by atoms with Crippen LogP contribution in [0, 0.1) is 12.8 Å². The van der Waals surface area contributed by atoms with Gasteiger partial charge >= 0.3 is 0 Å². The lowest BCUT2D eigenvalue weighted by atomic mass is 9.83. The largest absolute Gasteiger partial charge is 0.424 e. The first-order valence-corrected chi connectivity index (χ1v) is 9.70. The van der Waals surface area contributed by atoms with Crippen molar-refractivity contribution in [3.63, 3.8) is 0 Å². The second-order valence-electron chi connectivity index (χ2n) is 7.77. The summed E-state index contributed by atoms with van der Waals surface area (Å²) < 4.78 is 5.58. The van der Waals surface area contributed by atoms with Crippen LogP contribution in [-0.4, -0.2) is 10.2 Å². The Kier molecular flexibility index (Phi) is 5.89. The van der Waals surface area contributed by atoms with Crippen molar-refractivity contribution >= 4 is 0 Å². The van der Waals surface area contributed by atoms with Gasteiger partial charge < -0.3 is 4.42 Å². The minimum Gasteiger partial charge on any atom is -0.424 e. The summed E-state index contributed by atoms with van der Waals surface area (Å²) in [7, 11) is 0. The fraction of sp³-hybridized carbons (Fsp3) is 0.619. The number of rotatable bonds is 6. The lowest BCUT2D eigenvalue weighted by Crippen LogP contribution is -2.28. The molecule has 0 unspecified atom stereocenters. The van der Waals surface area contributed by atoms with Crippen LogP contribution in [0.3, 0.4) is 0 Å². The van der Waals surface area contributed by atoms with Gasteiger partial charge in [-0.25, -0.2) is 0 Å². The number of nitrogens with one attached hydrogen (secondary N) is 1. The van der Waals surface area contributed by atoms with E-state index in [1.807, 2.05) is 6.92 Å². The van der Waals surface area contributed by atoms with Crippen molar-refractivity contribution in [2.75, 3.05) is 0 Å². The molecule has 4 heteroatoms. The van der Waals surface area contributed by atoms with E-state index in [1.54, 1.807) is 0 Å². The molecular weight excluding hydrogens is 310 g/mol. The molecule has 0 amide bonds. The highest BCUT2D eigenvalue weighted by Crippen LogP contribution is 2.34. The van der Waals surface area contributed by atoms with Crippen LogP contribution in [0.4, 0.5) is 0 Å². The van der Waals surface area contributed by atoms with Gasteiger partial charge in [0.15, 0.2) is 0 Å². The highest BCUT2D eigenvalue weighted by atomic mass is 16.4. The van der Waals surface area contributed by atoms with Gasteiger partial charge in [-0.15, -0.1) is 10.2 Å².